The lowest BCUT2D eigenvalue weighted by Gasteiger charge is -2.03. The van der Waals surface area contributed by atoms with Crippen molar-refractivity contribution >= 4 is 46.4 Å². The first-order valence-corrected chi connectivity index (χ1v) is 11.4. The fourth-order valence-corrected chi connectivity index (χ4v) is 2.67. The van der Waals surface area contributed by atoms with Gasteiger partial charge in [-0.05, 0) is 63.0 Å². The van der Waals surface area contributed by atoms with Gasteiger partial charge in [0.2, 0.25) is 16.5 Å². The first-order valence-electron chi connectivity index (χ1n) is 10.7. The van der Waals surface area contributed by atoms with Crippen LogP contribution in [0.2, 0.25) is 15.6 Å². The van der Waals surface area contributed by atoms with Crippen molar-refractivity contribution in [2.45, 2.75) is 41.5 Å². The minimum atomic E-state index is -0.723. The lowest BCUT2D eigenvalue weighted by Crippen LogP contribution is -1.99. The van der Waals surface area contributed by atoms with Crippen LogP contribution in [0.5, 0.6) is 0 Å². The predicted octanol–water partition coefficient (Wildman–Crippen LogP) is 6.32. The zero-order chi connectivity index (χ0) is 27.3. The molecule has 0 aliphatic rings. The Bertz CT molecular complexity index is 1160. The van der Waals surface area contributed by atoms with E-state index in [1.165, 1.54) is 0 Å². The maximum Gasteiger partial charge on any atom is 0.309 e. The number of aromatic nitrogens is 8. The molecule has 1 N–H and O–H groups in total. The minimum Gasteiger partial charge on any atom is -0.324 e. The van der Waals surface area contributed by atoms with Gasteiger partial charge in [-0.1, -0.05) is 43.6 Å². The summed E-state index contributed by atoms with van der Waals surface area (Å²) in [5.41, 5.74) is 1.85. The summed E-state index contributed by atoms with van der Waals surface area (Å²) < 4.78 is 19.7. The fraction of sp³-hybridized carbons (Fsp3) is 0.273. The van der Waals surface area contributed by atoms with E-state index in [0.717, 1.165) is 5.69 Å². The van der Waals surface area contributed by atoms with Gasteiger partial charge >= 0.3 is 6.08 Å². The molecule has 0 bridgehead atoms. The monoisotopic (exact) mass is 541 g/mol. The molecule has 0 radical (unpaired) electrons. The zero-order valence-corrected chi connectivity index (χ0v) is 22.2. The van der Waals surface area contributed by atoms with Gasteiger partial charge in [-0.3, -0.25) is 0 Å². The minimum absolute atomic E-state index is 0.0269. The van der Waals surface area contributed by atoms with Gasteiger partial charge in [0.15, 0.2) is 0 Å². The SMILES string of the molecule is CC.Cc1nc(Cl)nc(Cl)n1.Cc1nc(F)nc(C)c1Cl.[3H]c1nc(C)nc(Nc2ccccc2)n1. The van der Waals surface area contributed by atoms with Gasteiger partial charge < -0.3 is 5.32 Å². The molecule has 1 aromatic carbocycles. The average Bonchev–Trinajstić information content (AvgIpc) is 2.79. The molecule has 0 aliphatic heterocycles. The average molecular weight is 543 g/mol. The second-order valence-electron chi connectivity index (χ2n) is 6.20. The standard InChI is InChI=1S/C10H10N4.C6H6ClFN2.C4H3Cl2N3.C2H6/c1-8-11-7-12-10(13-8)14-9-5-3-2-4-6-9;1-3-5(7)4(2)10-6(8)9-3;1-2-7-3(5)9-4(6)8-2;1-2/h2-7H,1H3,(H,11,12,13,14);1-2H3;1H3;1-2H3/i7T;;;. The van der Waals surface area contributed by atoms with Crippen molar-refractivity contribution in [2.75, 3.05) is 5.32 Å². The Morgan fingerprint density at radius 3 is 1.77 bits per heavy atom. The molecule has 0 saturated carbocycles. The van der Waals surface area contributed by atoms with Crippen molar-refractivity contribution in [1.29, 1.82) is 0 Å². The van der Waals surface area contributed by atoms with Gasteiger partial charge in [-0.25, -0.2) is 29.9 Å². The summed E-state index contributed by atoms with van der Waals surface area (Å²) >= 11 is 16.5. The summed E-state index contributed by atoms with van der Waals surface area (Å²) in [6.07, 6.45) is -0.750. The first-order chi connectivity index (χ1) is 17.0. The summed E-state index contributed by atoms with van der Waals surface area (Å²) in [4.78, 5) is 29.5. The van der Waals surface area contributed by atoms with Crippen molar-refractivity contribution in [3.8, 4) is 0 Å². The van der Waals surface area contributed by atoms with E-state index >= 15 is 0 Å². The number of rotatable bonds is 2. The Morgan fingerprint density at radius 1 is 0.743 bits per heavy atom. The Labute approximate surface area is 220 Å². The van der Waals surface area contributed by atoms with E-state index in [4.69, 9.17) is 36.2 Å². The van der Waals surface area contributed by atoms with E-state index in [9.17, 15) is 4.39 Å². The van der Waals surface area contributed by atoms with Gasteiger partial charge in [0, 0.05) is 5.69 Å². The van der Waals surface area contributed by atoms with Crippen molar-refractivity contribution in [3.05, 3.63) is 81.3 Å². The Balaban J connectivity index is 0.000000272. The van der Waals surface area contributed by atoms with Crippen LogP contribution in [0, 0.1) is 33.8 Å². The Kier molecular flexibility index (Phi) is 12.7. The number of halogens is 4. The molecule has 4 aromatic rings. The van der Waals surface area contributed by atoms with E-state index in [1.54, 1.807) is 27.7 Å². The summed E-state index contributed by atoms with van der Waals surface area (Å²) in [7, 11) is 0. The number of hydrogen-bond donors (Lipinski definition) is 1. The molecule has 0 spiro atoms. The second-order valence-corrected chi connectivity index (χ2v) is 7.25. The highest BCUT2D eigenvalue weighted by Gasteiger charge is 2.03. The van der Waals surface area contributed by atoms with Crippen LogP contribution in [0.25, 0.3) is 0 Å². The normalized spacial score (nSPS) is 9.83. The van der Waals surface area contributed by atoms with Crippen molar-refractivity contribution in [2.24, 2.45) is 0 Å². The molecule has 0 fully saturated rings. The second kappa shape index (κ2) is 15.8. The fourth-order valence-electron chi connectivity index (χ4n) is 2.13. The number of nitrogens with zero attached hydrogens (tertiary/aromatic N) is 8. The number of benzene rings is 1. The third-order valence-electron chi connectivity index (χ3n) is 3.51. The van der Waals surface area contributed by atoms with E-state index in [-0.39, 0.29) is 16.9 Å². The van der Waals surface area contributed by atoms with Crippen LogP contribution in [-0.4, -0.2) is 39.9 Å². The lowest BCUT2D eigenvalue weighted by molar-refractivity contribution is 0.531. The maximum atomic E-state index is 12.3. The largest absolute Gasteiger partial charge is 0.324 e. The Morgan fingerprint density at radius 2 is 1.29 bits per heavy atom. The van der Waals surface area contributed by atoms with Gasteiger partial charge in [-0.2, -0.15) is 14.4 Å². The van der Waals surface area contributed by atoms with E-state index in [0.29, 0.717) is 34.0 Å². The maximum absolute atomic E-state index is 12.3. The van der Waals surface area contributed by atoms with Crippen LogP contribution in [0.4, 0.5) is 16.0 Å². The summed E-state index contributed by atoms with van der Waals surface area (Å²) in [6, 6.07) is 9.57. The predicted molar refractivity (Wildman–Crippen MR) is 137 cm³/mol. The molecule has 4 rings (SSSR count). The third-order valence-corrected chi connectivity index (χ3v) is 4.40. The van der Waals surface area contributed by atoms with Gasteiger partial charge in [0.25, 0.3) is 0 Å². The molecule has 0 saturated heterocycles. The summed E-state index contributed by atoms with van der Waals surface area (Å²) in [5, 5.41) is 3.70. The highest BCUT2D eigenvalue weighted by molar-refractivity contribution is 6.31. The van der Waals surface area contributed by atoms with Crippen LogP contribution >= 0.6 is 34.8 Å². The van der Waals surface area contributed by atoms with Crippen LogP contribution in [0.15, 0.2) is 36.6 Å². The molecule has 3 heterocycles. The zero-order valence-electron chi connectivity index (χ0n) is 21.0. The molecule has 35 heavy (non-hydrogen) atoms. The van der Waals surface area contributed by atoms with Crippen LogP contribution < -0.4 is 5.32 Å². The molecular formula is C22H25Cl3FN9. The topological polar surface area (TPSA) is 115 Å². The smallest absolute Gasteiger partial charge is 0.309 e. The highest BCUT2D eigenvalue weighted by Crippen LogP contribution is 2.15. The molecule has 186 valence electrons. The van der Waals surface area contributed by atoms with Gasteiger partial charge in [0.1, 0.15) is 19.3 Å². The molecular weight excluding hydrogens is 516 g/mol. The van der Waals surface area contributed by atoms with Crippen molar-refractivity contribution < 1.29 is 5.76 Å². The molecule has 0 aliphatic carbocycles. The summed E-state index contributed by atoms with van der Waals surface area (Å²) in [5.74, 6) is 1.46. The number of hydrogen-bond acceptors (Lipinski definition) is 9. The molecule has 9 nitrogen and oxygen atoms in total. The van der Waals surface area contributed by atoms with Crippen LogP contribution in [0.1, 0.15) is 38.3 Å². The lowest BCUT2D eigenvalue weighted by atomic mass is 10.3. The van der Waals surface area contributed by atoms with E-state index in [1.807, 2.05) is 44.2 Å². The van der Waals surface area contributed by atoms with Crippen molar-refractivity contribution in [3.63, 3.8) is 0 Å². The quantitative estimate of drug-likeness (QED) is 0.290. The molecule has 0 unspecified atom stereocenters. The van der Waals surface area contributed by atoms with Crippen LogP contribution in [0.3, 0.4) is 0 Å². The van der Waals surface area contributed by atoms with Gasteiger partial charge in [-0.15, -0.1) is 0 Å². The number of para-hydroxylation sites is 1. The number of anilines is 2. The number of aryl methyl sites for hydroxylation is 4. The molecule has 13 heteroatoms. The van der Waals surface area contributed by atoms with Crippen molar-refractivity contribution in [1.82, 2.24) is 39.9 Å². The van der Waals surface area contributed by atoms with Crippen LogP contribution in [-0.2, 0) is 0 Å². The van der Waals surface area contributed by atoms with E-state index in [2.05, 4.69) is 45.2 Å². The Hall–Kier alpha value is -3.08. The first kappa shape index (κ1) is 28.2. The highest BCUT2D eigenvalue weighted by atomic mass is 35.5. The number of nitrogens with one attached hydrogen (secondary N) is 1. The molecule has 0 amide bonds. The third kappa shape index (κ3) is 11.7. The summed E-state index contributed by atoms with van der Waals surface area (Å²) in [6.45, 7) is 10.7. The van der Waals surface area contributed by atoms with E-state index < -0.39 is 6.08 Å². The molecule has 0 atom stereocenters. The molecule has 3 aromatic heterocycles. The van der Waals surface area contributed by atoms with Gasteiger partial charge in [0.05, 0.1) is 16.4 Å².